The molecule has 0 nitrogen and oxygen atoms in total. The summed E-state index contributed by atoms with van der Waals surface area (Å²) in [4.78, 5) is 0. The van der Waals surface area contributed by atoms with Gasteiger partial charge >= 0.3 is 0 Å². The van der Waals surface area contributed by atoms with Gasteiger partial charge in [-0.2, -0.15) is 8.78 Å². The average Bonchev–Trinajstić information content (AvgIpc) is 2.49. The molecule has 0 saturated heterocycles. The Morgan fingerprint density at radius 3 is 2.23 bits per heavy atom. The number of unbranched alkanes of at least 4 members (excludes halogenated alkanes) is 6. The Morgan fingerprint density at radius 1 is 0.955 bits per heavy atom. The molecule has 2 atom stereocenters. The fourth-order valence-electron chi connectivity index (χ4n) is 3.57. The molecule has 0 unspecified atom stereocenters. The molecule has 0 aromatic heterocycles. The standard InChI is InChI=1S/C20H28F2/c1-2-3-4-5-6-7-9-14-17-15-18(19(17)20(21)22)16-12-10-8-11-13-16/h8,10-13,17-18H,2-7,9,14-15H2,1H3/t17-,18-/m0/s1. The summed E-state index contributed by atoms with van der Waals surface area (Å²) in [5.74, 6) is 0.0756. The molecule has 1 aliphatic carbocycles. The maximum atomic E-state index is 13.3. The molecule has 0 radical (unpaired) electrons. The molecule has 0 spiro atoms. The molecule has 1 aliphatic rings. The Bertz CT molecular complexity index is 460. The maximum Gasteiger partial charge on any atom is 0.270 e. The van der Waals surface area contributed by atoms with Gasteiger partial charge in [0.1, 0.15) is 0 Å². The van der Waals surface area contributed by atoms with E-state index < -0.39 is 6.08 Å². The quantitative estimate of drug-likeness (QED) is 0.427. The highest BCUT2D eigenvalue weighted by Gasteiger charge is 2.38. The fraction of sp³-hybridized carbons (Fsp3) is 0.600. The Balaban J connectivity index is 1.74. The van der Waals surface area contributed by atoms with Crippen molar-refractivity contribution in [2.45, 2.75) is 70.6 Å². The van der Waals surface area contributed by atoms with E-state index in [1.165, 1.54) is 38.5 Å². The molecule has 0 N–H and O–H groups in total. The van der Waals surface area contributed by atoms with E-state index >= 15 is 0 Å². The molecule has 122 valence electrons. The number of hydrogen-bond acceptors (Lipinski definition) is 0. The van der Waals surface area contributed by atoms with Crippen molar-refractivity contribution in [2.24, 2.45) is 5.92 Å². The SMILES string of the molecule is CCCCCCCCC[C@H]1C[C@@H](c2ccccc2)C1=C(F)F. The number of hydrogen-bond donors (Lipinski definition) is 0. The Labute approximate surface area is 133 Å². The lowest BCUT2D eigenvalue weighted by atomic mass is 9.65. The number of halogens is 2. The van der Waals surface area contributed by atoms with Gasteiger partial charge in [-0.15, -0.1) is 0 Å². The second kappa shape index (κ2) is 9.07. The van der Waals surface area contributed by atoms with Gasteiger partial charge in [0.05, 0.1) is 0 Å². The van der Waals surface area contributed by atoms with Crippen LogP contribution < -0.4 is 0 Å². The molecule has 1 aromatic rings. The summed E-state index contributed by atoms with van der Waals surface area (Å²) >= 11 is 0. The number of rotatable bonds is 9. The van der Waals surface area contributed by atoms with E-state index in [9.17, 15) is 8.78 Å². The lowest BCUT2D eigenvalue weighted by Crippen LogP contribution is -2.26. The van der Waals surface area contributed by atoms with Gasteiger partial charge in [0.25, 0.3) is 6.08 Å². The zero-order valence-electron chi connectivity index (χ0n) is 13.7. The predicted molar refractivity (Wildman–Crippen MR) is 89.1 cm³/mol. The lowest BCUT2D eigenvalue weighted by molar-refractivity contribution is 0.296. The van der Waals surface area contributed by atoms with Crippen LogP contribution in [0.1, 0.15) is 76.2 Å². The molecular weight excluding hydrogens is 278 g/mol. The van der Waals surface area contributed by atoms with Crippen LogP contribution in [-0.4, -0.2) is 0 Å². The van der Waals surface area contributed by atoms with Crippen molar-refractivity contribution in [3.05, 3.63) is 47.5 Å². The minimum absolute atomic E-state index is 0.0410. The van der Waals surface area contributed by atoms with Crippen molar-refractivity contribution >= 4 is 0 Å². The van der Waals surface area contributed by atoms with Crippen LogP contribution in [0, 0.1) is 5.92 Å². The fourth-order valence-corrected chi connectivity index (χ4v) is 3.57. The molecule has 0 aliphatic heterocycles. The molecule has 1 saturated carbocycles. The third kappa shape index (κ3) is 4.66. The second-order valence-corrected chi connectivity index (χ2v) is 6.52. The molecule has 0 bridgehead atoms. The van der Waals surface area contributed by atoms with Crippen LogP contribution in [0.4, 0.5) is 8.78 Å². The molecular formula is C20H28F2. The zero-order valence-corrected chi connectivity index (χ0v) is 13.7. The first-order valence-corrected chi connectivity index (χ1v) is 8.84. The van der Waals surface area contributed by atoms with E-state index in [0.717, 1.165) is 24.8 Å². The highest BCUT2D eigenvalue weighted by molar-refractivity contribution is 5.36. The van der Waals surface area contributed by atoms with Crippen LogP contribution in [0.5, 0.6) is 0 Å². The minimum Gasteiger partial charge on any atom is -0.173 e. The highest BCUT2D eigenvalue weighted by Crippen LogP contribution is 2.51. The van der Waals surface area contributed by atoms with E-state index in [4.69, 9.17) is 0 Å². The van der Waals surface area contributed by atoms with Crippen LogP contribution in [0.25, 0.3) is 0 Å². The molecule has 2 heteroatoms. The van der Waals surface area contributed by atoms with Gasteiger partial charge in [-0.1, -0.05) is 82.2 Å². The average molecular weight is 306 g/mol. The summed E-state index contributed by atoms with van der Waals surface area (Å²) in [6.45, 7) is 2.22. The smallest absolute Gasteiger partial charge is 0.173 e. The van der Waals surface area contributed by atoms with Gasteiger partial charge in [-0.25, -0.2) is 0 Å². The Kier molecular flexibility index (Phi) is 7.08. The largest absolute Gasteiger partial charge is 0.270 e. The lowest BCUT2D eigenvalue weighted by Gasteiger charge is -2.38. The van der Waals surface area contributed by atoms with Crippen molar-refractivity contribution in [3.63, 3.8) is 0 Å². The molecule has 0 amide bonds. The van der Waals surface area contributed by atoms with E-state index in [1.54, 1.807) is 0 Å². The van der Waals surface area contributed by atoms with Crippen molar-refractivity contribution in [1.29, 1.82) is 0 Å². The molecule has 22 heavy (non-hydrogen) atoms. The summed E-state index contributed by atoms with van der Waals surface area (Å²) < 4.78 is 26.5. The normalized spacial score (nSPS) is 20.8. The Morgan fingerprint density at radius 2 is 1.59 bits per heavy atom. The van der Waals surface area contributed by atoms with E-state index in [1.807, 2.05) is 30.3 Å². The second-order valence-electron chi connectivity index (χ2n) is 6.52. The third-order valence-corrected chi connectivity index (χ3v) is 4.91. The van der Waals surface area contributed by atoms with E-state index in [2.05, 4.69) is 6.92 Å². The van der Waals surface area contributed by atoms with Crippen LogP contribution in [-0.2, 0) is 0 Å². The summed E-state index contributed by atoms with van der Waals surface area (Å²) in [6, 6.07) is 9.75. The highest BCUT2D eigenvalue weighted by atomic mass is 19.3. The van der Waals surface area contributed by atoms with Crippen molar-refractivity contribution < 1.29 is 8.78 Å². The summed E-state index contributed by atoms with van der Waals surface area (Å²) in [5.41, 5.74) is 1.46. The van der Waals surface area contributed by atoms with Crippen molar-refractivity contribution in [3.8, 4) is 0 Å². The van der Waals surface area contributed by atoms with Gasteiger partial charge in [0.15, 0.2) is 0 Å². The van der Waals surface area contributed by atoms with Gasteiger partial charge in [0.2, 0.25) is 0 Å². The van der Waals surface area contributed by atoms with E-state index in [-0.39, 0.29) is 11.8 Å². The van der Waals surface area contributed by atoms with Gasteiger partial charge < -0.3 is 0 Å². The van der Waals surface area contributed by atoms with Gasteiger partial charge in [-0.05, 0) is 24.3 Å². The number of allylic oxidation sites excluding steroid dienone is 1. The molecule has 1 aromatic carbocycles. The topological polar surface area (TPSA) is 0 Å². The summed E-state index contributed by atoms with van der Waals surface area (Å²) in [5, 5.41) is 0. The van der Waals surface area contributed by atoms with Crippen LogP contribution in [0.3, 0.4) is 0 Å². The first-order chi connectivity index (χ1) is 10.7. The maximum absolute atomic E-state index is 13.3. The van der Waals surface area contributed by atoms with Crippen LogP contribution in [0.2, 0.25) is 0 Å². The minimum atomic E-state index is -1.44. The van der Waals surface area contributed by atoms with Gasteiger partial charge in [-0.3, -0.25) is 0 Å². The summed E-state index contributed by atoms with van der Waals surface area (Å²) in [6.07, 6.45) is 9.14. The molecule has 0 heterocycles. The molecule has 2 rings (SSSR count). The summed E-state index contributed by atoms with van der Waals surface area (Å²) in [7, 11) is 0. The monoisotopic (exact) mass is 306 g/mol. The van der Waals surface area contributed by atoms with Crippen LogP contribution in [0.15, 0.2) is 42.0 Å². The zero-order chi connectivity index (χ0) is 15.8. The Hall–Kier alpha value is -1.18. The van der Waals surface area contributed by atoms with Crippen molar-refractivity contribution in [1.82, 2.24) is 0 Å². The number of benzene rings is 1. The first kappa shape index (κ1) is 17.2. The first-order valence-electron chi connectivity index (χ1n) is 8.84. The third-order valence-electron chi connectivity index (χ3n) is 4.91. The predicted octanol–water partition coefficient (Wildman–Crippen LogP) is 7.08. The van der Waals surface area contributed by atoms with Crippen molar-refractivity contribution in [2.75, 3.05) is 0 Å². The van der Waals surface area contributed by atoms with Crippen LogP contribution >= 0.6 is 0 Å². The van der Waals surface area contributed by atoms with E-state index in [0.29, 0.717) is 5.57 Å². The molecule has 1 fully saturated rings. The van der Waals surface area contributed by atoms with Gasteiger partial charge in [0, 0.05) is 11.5 Å².